The number of ether oxygens (including phenoxy) is 1. The minimum absolute atomic E-state index is 0.260. The van der Waals surface area contributed by atoms with Crippen molar-refractivity contribution in [1.82, 2.24) is 4.72 Å². The van der Waals surface area contributed by atoms with Gasteiger partial charge in [0.05, 0.1) is 7.11 Å². The Balaban J connectivity index is 1.66. The number of fused-ring (bicyclic) bond motifs is 1. The SMILES string of the molecule is COc1cc2c(cc1S(=O)(=O)NCCCc1ccc(C)cc1)CCCC2. The van der Waals surface area contributed by atoms with Crippen LogP contribution in [0.5, 0.6) is 5.75 Å². The summed E-state index contributed by atoms with van der Waals surface area (Å²) < 4.78 is 33.6. The molecule has 4 nitrogen and oxygen atoms in total. The second-order valence-electron chi connectivity index (χ2n) is 6.97. The third-order valence-electron chi connectivity index (χ3n) is 4.97. The molecule has 0 amide bonds. The third-order valence-corrected chi connectivity index (χ3v) is 6.45. The van der Waals surface area contributed by atoms with Crippen LogP contribution in [0.1, 0.15) is 41.5 Å². The summed E-state index contributed by atoms with van der Waals surface area (Å²) in [5.74, 6) is 0.441. The van der Waals surface area contributed by atoms with Gasteiger partial charge < -0.3 is 4.74 Å². The first-order valence-corrected chi connectivity index (χ1v) is 10.7. The fraction of sp³-hybridized carbons (Fsp3) is 0.429. The number of benzene rings is 2. The van der Waals surface area contributed by atoms with Gasteiger partial charge in [-0.3, -0.25) is 0 Å². The maximum Gasteiger partial charge on any atom is 0.244 e. The van der Waals surface area contributed by atoms with E-state index in [2.05, 4.69) is 35.9 Å². The van der Waals surface area contributed by atoms with Crippen LogP contribution in [0.15, 0.2) is 41.3 Å². The van der Waals surface area contributed by atoms with Crippen LogP contribution < -0.4 is 9.46 Å². The van der Waals surface area contributed by atoms with E-state index in [0.29, 0.717) is 12.3 Å². The van der Waals surface area contributed by atoms with Gasteiger partial charge >= 0.3 is 0 Å². The highest BCUT2D eigenvalue weighted by atomic mass is 32.2. The van der Waals surface area contributed by atoms with Crippen LogP contribution >= 0.6 is 0 Å². The van der Waals surface area contributed by atoms with Crippen LogP contribution in [-0.2, 0) is 29.3 Å². The van der Waals surface area contributed by atoms with Crippen molar-refractivity contribution in [3.63, 3.8) is 0 Å². The summed E-state index contributed by atoms with van der Waals surface area (Å²) in [6.07, 6.45) is 5.81. The third kappa shape index (κ3) is 4.46. The van der Waals surface area contributed by atoms with Crippen LogP contribution in [0.2, 0.25) is 0 Å². The van der Waals surface area contributed by atoms with Crippen LogP contribution in [-0.4, -0.2) is 22.1 Å². The monoisotopic (exact) mass is 373 g/mol. The molecule has 0 saturated heterocycles. The number of hydrogen-bond donors (Lipinski definition) is 1. The van der Waals surface area contributed by atoms with Crippen molar-refractivity contribution >= 4 is 10.0 Å². The minimum Gasteiger partial charge on any atom is -0.495 e. The molecule has 0 atom stereocenters. The van der Waals surface area contributed by atoms with Gasteiger partial charge in [0.1, 0.15) is 10.6 Å². The van der Waals surface area contributed by atoms with Crippen LogP contribution in [0, 0.1) is 6.92 Å². The molecule has 0 spiro atoms. The summed E-state index contributed by atoms with van der Waals surface area (Å²) in [5, 5.41) is 0. The molecular formula is C21H27NO3S. The molecule has 2 aromatic carbocycles. The second kappa shape index (κ2) is 8.23. The van der Waals surface area contributed by atoms with E-state index in [-0.39, 0.29) is 4.90 Å². The molecular weight excluding hydrogens is 346 g/mol. The lowest BCUT2D eigenvalue weighted by Crippen LogP contribution is -2.26. The molecule has 2 aromatic rings. The summed E-state index contributed by atoms with van der Waals surface area (Å²) in [6.45, 7) is 2.47. The quantitative estimate of drug-likeness (QED) is 0.751. The maximum absolute atomic E-state index is 12.8. The topological polar surface area (TPSA) is 55.4 Å². The van der Waals surface area contributed by atoms with E-state index in [0.717, 1.165) is 44.1 Å². The predicted octanol–water partition coefficient (Wildman–Crippen LogP) is 3.79. The van der Waals surface area contributed by atoms with Gasteiger partial charge in [-0.25, -0.2) is 13.1 Å². The number of aryl methyl sites for hydroxylation is 4. The summed E-state index contributed by atoms with van der Waals surface area (Å²) >= 11 is 0. The highest BCUT2D eigenvalue weighted by molar-refractivity contribution is 7.89. The molecule has 140 valence electrons. The Morgan fingerprint density at radius 3 is 2.35 bits per heavy atom. The van der Waals surface area contributed by atoms with E-state index in [1.54, 1.807) is 6.07 Å². The first-order chi connectivity index (χ1) is 12.5. The Morgan fingerprint density at radius 2 is 1.69 bits per heavy atom. The molecule has 0 unspecified atom stereocenters. The summed E-state index contributed by atoms with van der Waals surface area (Å²) in [7, 11) is -2.04. The zero-order valence-corrected chi connectivity index (χ0v) is 16.4. The van der Waals surface area contributed by atoms with Crippen molar-refractivity contribution in [2.45, 2.75) is 50.3 Å². The number of hydrogen-bond acceptors (Lipinski definition) is 3. The zero-order valence-electron chi connectivity index (χ0n) is 15.5. The molecule has 0 aromatic heterocycles. The molecule has 0 aliphatic heterocycles. The lowest BCUT2D eigenvalue weighted by molar-refractivity contribution is 0.401. The largest absolute Gasteiger partial charge is 0.495 e. The summed E-state index contributed by atoms with van der Waals surface area (Å²) in [5.41, 5.74) is 4.80. The first-order valence-electron chi connectivity index (χ1n) is 9.24. The molecule has 0 heterocycles. The van der Waals surface area contributed by atoms with E-state index in [1.807, 2.05) is 6.07 Å². The molecule has 1 aliphatic carbocycles. The van der Waals surface area contributed by atoms with Crippen LogP contribution in [0.25, 0.3) is 0 Å². The average molecular weight is 374 g/mol. The van der Waals surface area contributed by atoms with Gasteiger partial charge in [-0.2, -0.15) is 0 Å². The Kier molecular flexibility index (Phi) is 5.99. The van der Waals surface area contributed by atoms with Crippen molar-refractivity contribution < 1.29 is 13.2 Å². The first kappa shape index (κ1) is 18.9. The van der Waals surface area contributed by atoms with Crippen LogP contribution in [0.3, 0.4) is 0 Å². The predicted molar refractivity (Wildman–Crippen MR) is 104 cm³/mol. The van der Waals surface area contributed by atoms with E-state index in [9.17, 15) is 8.42 Å². The van der Waals surface area contributed by atoms with Gasteiger partial charge in [0.2, 0.25) is 10.0 Å². The van der Waals surface area contributed by atoms with E-state index in [1.165, 1.54) is 23.8 Å². The van der Waals surface area contributed by atoms with Crippen molar-refractivity contribution in [3.05, 3.63) is 58.7 Å². The molecule has 26 heavy (non-hydrogen) atoms. The number of sulfonamides is 1. The summed E-state index contributed by atoms with van der Waals surface area (Å²) in [4.78, 5) is 0.260. The van der Waals surface area contributed by atoms with E-state index in [4.69, 9.17) is 4.74 Å². The van der Waals surface area contributed by atoms with Gasteiger partial charge in [0, 0.05) is 6.54 Å². The van der Waals surface area contributed by atoms with Crippen molar-refractivity contribution in [1.29, 1.82) is 0 Å². The molecule has 0 fully saturated rings. The second-order valence-corrected chi connectivity index (χ2v) is 8.70. The van der Waals surface area contributed by atoms with Crippen molar-refractivity contribution in [3.8, 4) is 5.75 Å². The van der Waals surface area contributed by atoms with Gasteiger partial charge in [-0.1, -0.05) is 29.8 Å². The van der Waals surface area contributed by atoms with Crippen LogP contribution in [0.4, 0.5) is 0 Å². The molecule has 3 rings (SSSR count). The highest BCUT2D eigenvalue weighted by Gasteiger charge is 2.22. The Morgan fingerprint density at radius 1 is 1.04 bits per heavy atom. The molecule has 0 radical (unpaired) electrons. The molecule has 0 bridgehead atoms. The van der Waals surface area contributed by atoms with E-state index >= 15 is 0 Å². The Bertz CT molecular complexity index is 858. The molecule has 0 saturated carbocycles. The molecule has 5 heteroatoms. The normalized spacial score (nSPS) is 14.1. The van der Waals surface area contributed by atoms with Crippen molar-refractivity contribution in [2.24, 2.45) is 0 Å². The number of methoxy groups -OCH3 is 1. The fourth-order valence-electron chi connectivity index (χ4n) is 3.44. The van der Waals surface area contributed by atoms with Gasteiger partial charge in [0.15, 0.2) is 0 Å². The van der Waals surface area contributed by atoms with E-state index < -0.39 is 10.0 Å². The standard InChI is InChI=1S/C21H27NO3S/c1-16-9-11-17(12-10-16)6-5-13-22-26(23,24)21-15-19-8-4-3-7-18(19)14-20(21)25-2/h9-12,14-15,22H,3-8,13H2,1-2H3. The van der Waals surface area contributed by atoms with Gasteiger partial charge in [-0.15, -0.1) is 0 Å². The number of rotatable bonds is 7. The smallest absolute Gasteiger partial charge is 0.244 e. The number of nitrogens with one attached hydrogen (secondary N) is 1. The molecule has 1 aliphatic rings. The lowest BCUT2D eigenvalue weighted by Gasteiger charge is -2.19. The molecule has 1 N–H and O–H groups in total. The zero-order chi connectivity index (χ0) is 18.6. The fourth-order valence-corrected chi connectivity index (χ4v) is 4.71. The highest BCUT2D eigenvalue weighted by Crippen LogP contribution is 2.31. The maximum atomic E-state index is 12.8. The van der Waals surface area contributed by atoms with Gasteiger partial charge in [-0.05, 0) is 74.3 Å². The Labute approximate surface area is 156 Å². The Hall–Kier alpha value is -1.85. The lowest BCUT2D eigenvalue weighted by atomic mass is 9.92. The summed E-state index contributed by atoms with van der Waals surface area (Å²) in [6, 6.07) is 12.0. The van der Waals surface area contributed by atoms with Crippen molar-refractivity contribution in [2.75, 3.05) is 13.7 Å². The average Bonchev–Trinajstić information content (AvgIpc) is 2.65. The minimum atomic E-state index is -3.57. The van der Waals surface area contributed by atoms with Gasteiger partial charge in [0.25, 0.3) is 0 Å².